The van der Waals surface area contributed by atoms with E-state index in [-0.39, 0.29) is 0 Å². The number of nitrogens with zero attached hydrogens (tertiary/aromatic N) is 2. The van der Waals surface area contributed by atoms with Gasteiger partial charge in [-0.15, -0.1) is 16.9 Å². The van der Waals surface area contributed by atoms with Crippen molar-refractivity contribution in [2.75, 3.05) is 26.7 Å². The molecular weight excluding hydrogens is 332 g/mol. The van der Waals surface area contributed by atoms with Crippen molar-refractivity contribution < 1.29 is 4.74 Å². The molecule has 5 heteroatoms. The van der Waals surface area contributed by atoms with Crippen LogP contribution in [0.3, 0.4) is 0 Å². The monoisotopic (exact) mass is 362 g/mol. The molecule has 0 saturated carbocycles. The molecule has 0 unspecified atom stereocenters. The van der Waals surface area contributed by atoms with Gasteiger partial charge in [0.15, 0.2) is 5.75 Å². The van der Waals surface area contributed by atoms with Crippen molar-refractivity contribution in [2.24, 2.45) is 0 Å². The van der Waals surface area contributed by atoms with Gasteiger partial charge in [0.25, 0.3) is 0 Å². The first-order valence-electron chi connectivity index (χ1n) is 8.51. The number of ether oxygens (including phenoxy) is 1. The Balaban J connectivity index is 0.000000351. The normalized spacial score (nSPS) is 10.8. The Morgan fingerprint density at radius 1 is 1.12 bits per heavy atom. The molecule has 1 aromatic carbocycles. The topological polar surface area (TPSA) is 25.4 Å². The second-order valence-corrected chi connectivity index (χ2v) is 12.1. The highest BCUT2D eigenvalue weighted by atomic mass is 32.1. The number of hydrogen-bond acceptors (Lipinski definition) is 4. The van der Waals surface area contributed by atoms with Crippen LogP contribution in [0.1, 0.15) is 26.3 Å². The van der Waals surface area contributed by atoms with Gasteiger partial charge >= 0.3 is 0 Å². The molecule has 0 spiro atoms. The highest BCUT2D eigenvalue weighted by Crippen LogP contribution is 2.31. The Kier molecular flexibility index (Phi) is 8.47. The zero-order valence-electron chi connectivity index (χ0n) is 16.1. The summed E-state index contributed by atoms with van der Waals surface area (Å²) in [6.45, 7) is 16.8. The van der Waals surface area contributed by atoms with Crippen LogP contribution in [-0.2, 0) is 0 Å². The quantitative estimate of drug-likeness (QED) is 0.572. The van der Waals surface area contributed by atoms with Gasteiger partial charge in [-0.05, 0) is 31.8 Å². The predicted molar refractivity (Wildman–Crippen MR) is 110 cm³/mol. The fourth-order valence-electron chi connectivity index (χ4n) is 2.13. The molecule has 0 bridgehead atoms. The predicted octanol–water partition coefficient (Wildman–Crippen LogP) is 4.88. The third kappa shape index (κ3) is 6.27. The van der Waals surface area contributed by atoms with E-state index in [0.717, 1.165) is 21.5 Å². The van der Waals surface area contributed by atoms with Gasteiger partial charge in [0, 0.05) is 0 Å². The van der Waals surface area contributed by atoms with Crippen LogP contribution in [0.15, 0.2) is 17.6 Å². The zero-order valence-corrected chi connectivity index (χ0v) is 17.9. The van der Waals surface area contributed by atoms with Crippen molar-refractivity contribution in [3.63, 3.8) is 0 Å². The molecule has 2 aromatic rings. The molecule has 1 heterocycles. The van der Waals surface area contributed by atoms with E-state index in [1.54, 1.807) is 18.4 Å². The van der Waals surface area contributed by atoms with Crippen molar-refractivity contribution >= 4 is 29.6 Å². The molecule has 0 aliphatic carbocycles. The van der Waals surface area contributed by atoms with Gasteiger partial charge in [-0.2, -0.15) is 0 Å². The van der Waals surface area contributed by atoms with Gasteiger partial charge in [0.1, 0.15) is 8.07 Å². The minimum Gasteiger partial charge on any atom is -0.494 e. The fraction of sp³-hybridized carbons (Fsp3) is 0.526. The number of methoxy groups -OCH3 is 1. The van der Waals surface area contributed by atoms with E-state index in [9.17, 15) is 0 Å². The number of rotatable bonds is 4. The number of benzene rings is 1. The third-order valence-electron chi connectivity index (χ3n) is 3.57. The lowest BCUT2D eigenvalue weighted by Crippen LogP contribution is -2.21. The standard InChI is InChI=1S/C13H15NOSSi.C6H15N/c1-15-12-10(7-8-17(2,3)4)5-6-11-13(12)16-9-14-11;1-4-7(5-2)6-3/h5-6,9H,1-4H3;4-6H2,1-3H3. The highest BCUT2D eigenvalue weighted by molar-refractivity contribution is 7.17. The molecule has 0 radical (unpaired) electrons. The molecule has 0 N–H and O–H groups in total. The molecule has 24 heavy (non-hydrogen) atoms. The summed E-state index contributed by atoms with van der Waals surface area (Å²) < 4.78 is 6.54. The molecule has 2 rings (SSSR count). The number of fused-ring (bicyclic) bond motifs is 1. The van der Waals surface area contributed by atoms with Gasteiger partial charge in [-0.25, -0.2) is 4.98 Å². The number of hydrogen-bond donors (Lipinski definition) is 0. The Morgan fingerprint density at radius 3 is 2.21 bits per heavy atom. The smallest absolute Gasteiger partial charge is 0.153 e. The third-order valence-corrected chi connectivity index (χ3v) is 5.29. The molecule has 0 atom stereocenters. The van der Waals surface area contributed by atoms with E-state index in [1.807, 2.05) is 17.6 Å². The lowest BCUT2D eigenvalue weighted by Gasteiger charge is -2.13. The summed E-state index contributed by atoms with van der Waals surface area (Å²) in [5.41, 5.74) is 7.14. The molecule has 0 fully saturated rings. The molecule has 0 aliphatic heterocycles. The van der Waals surface area contributed by atoms with Crippen LogP contribution in [0.2, 0.25) is 19.6 Å². The summed E-state index contributed by atoms with van der Waals surface area (Å²) in [5.74, 6) is 4.11. The molecular formula is C19H30N2OSSi. The first-order chi connectivity index (χ1) is 11.4. The SMILES string of the molecule is CCN(CC)CC.COc1c(C#C[Si](C)(C)C)ccc2ncsc12. The van der Waals surface area contributed by atoms with Crippen molar-refractivity contribution in [3.8, 4) is 17.2 Å². The van der Waals surface area contributed by atoms with E-state index in [4.69, 9.17) is 4.74 Å². The van der Waals surface area contributed by atoms with Crippen LogP contribution in [0.5, 0.6) is 5.75 Å². The largest absolute Gasteiger partial charge is 0.494 e. The van der Waals surface area contributed by atoms with Gasteiger partial charge < -0.3 is 9.64 Å². The average molecular weight is 363 g/mol. The van der Waals surface area contributed by atoms with Crippen LogP contribution >= 0.6 is 11.3 Å². The van der Waals surface area contributed by atoms with Crippen molar-refractivity contribution in [3.05, 3.63) is 23.2 Å². The second-order valence-electron chi connectivity index (χ2n) is 6.47. The zero-order chi connectivity index (χ0) is 18.2. The highest BCUT2D eigenvalue weighted by Gasteiger charge is 2.11. The fourth-order valence-corrected chi connectivity index (χ4v) is 3.45. The maximum absolute atomic E-state index is 5.47. The molecule has 0 saturated heterocycles. The van der Waals surface area contributed by atoms with Gasteiger partial charge in [0.2, 0.25) is 0 Å². The summed E-state index contributed by atoms with van der Waals surface area (Å²) in [4.78, 5) is 6.65. The summed E-state index contributed by atoms with van der Waals surface area (Å²) in [6.07, 6.45) is 0. The molecule has 0 aliphatic rings. The molecule has 0 amide bonds. The van der Waals surface area contributed by atoms with E-state index < -0.39 is 8.07 Å². The Morgan fingerprint density at radius 2 is 1.75 bits per heavy atom. The van der Waals surface area contributed by atoms with Gasteiger partial charge in [-0.3, -0.25) is 0 Å². The lowest BCUT2D eigenvalue weighted by molar-refractivity contribution is 0.321. The van der Waals surface area contributed by atoms with E-state index in [0.29, 0.717) is 0 Å². The maximum Gasteiger partial charge on any atom is 0.153 e. The lowest BCUT2D eigenvalue weighted by atomic mass is 10.2. The Hall–Kier alpha value is -1.35. The minimum atomic E-state index is -1.36. The molecule has 132 valence electrons. The first-order valence-corrected chi connectivity index (χ1v) is 12.9. The molecule has 1 aromatic heterocycles. The van der Waals surface area contributed by atoms with Gasteiger partial charge in [0.05, 0.1) is 28.4 Å². The summed E-state index contributed by atoms with van der Waals surface area (Å²) >= 11 is 1.59. The number of thiazole rings is 1. The summed E-state index contributed by atoms with van der Waals surface area (Å²) in [5, 5.41) is 0. The second kappa shape index (κ2) is 9.82. The molecule has 3 nitrogen and oxygen atoms in total. The van der Waals surface area contributed by atoms with Crippen molar-refractivity contribution in [1.29, 1.82) is 0 Å². The van der Waals surface area contributed by atoms with Crippen LogP contribution in [0, 0.1) is 11.5 Å². The van der Waals surface area contributed by atoms with Crippen LogP contribution in [0.25, 0.3) is 10.2 Å². The van der Waals surface area contributed by atoms with Crippen LogP contribution in [0.4, 0.5) is 0 Å². The van der Waals surface area contributed by atoms with E-state index in [2.05, 4.69) is 61.8 Å². The summed E-state index contributed by atoms with van der Waals surface area (Å²) in [7, 11) is 0.333. The Labute approximate surface area is 152 Å². The minimum absolute atomic E-state index is 0.857. The Bertz CT molecular complexity index is 685. The van der Waals surface area contributed by atoms with E-state index >= 15 is 0 Å². The average Bonchev–Trinajstić information content (AvgIpc) is 3.02. The van der Waals surface area contributed by atoms with Crippen LogP contribution in [-0.4, -0.2) is 44.7 Å². The van der Waals surface area contributed by atoms with Crippen molar-refractivity contribution in [2.45, 2.75) is 40.4 Å². The van der Waals surface area contributed by atoms with E-state index in [1.165, 1.54) is 19.6 Å². The maximum atomic E-state index is 5.47. The first kappa shape index (κ1) is 20.7. The van der Waals surface area contributed by atoms with Gasteiger partial charge in [-0.1, -0.05) is 46.3 Å². The summed E-state index contributed by atoms with van der Waals surface area (Å²) in [6, 6.07) is 4.00. The van der Waals surface area contributed by atoms with Crippen molar-refractivity contribution in [1.82, 2.24) is 9.88 Å². The van der Waals surface area contributed by atoms with Crippen LogP contribution < -0.4 is 4.74 Å². The number of aromatic nitrogens is 1.